The third-order valence-electron chi connectivity index (χ3n) is 1.89. The smallest absolute Gasteiger partial charge is 0.325 e. The van der Waals surface area contributed by atoms with E-state index in [1.54, 1.807) is 31.1 Å². The molecular formula is C10H14BrN3O2. The number of likely N-dealkylation sites (N-methyl/N-ethyl adjacent to an activating group) is 1. The molecule has 0 spiro atoms. The molecule has 0 saturated carbocycles. The van der Waals surface area contributed by atoms with E-state index in [1.165, 1.54) is 0 Å². The van der Waals surface area contributed by atoms with Crippen LogP contribution in [0.4, 0.5) is 11.5 Å². The molecule has 0 radical (unpaired) electrons. The van der Waals surface area contributed by atoms with Crippen LogP contribution in [0.2, 0.25) is 0 Å². The number of aromatic nitrogens is 1. The van der Waals surface area contributed by atoms with Crippen LogP contribution in [0.15, 0.2) is 16.7 Å². The van der Waals surface area contributed by atoms with Gasteiger partial charge in [0.1, 0.15) is 6.54 Å². The molecule has 0 saturated heterocycles. The SMILES string of the molecule is CCOC(=O)CN(C)c1ncc(Br)cc1N. The molecule has 0 bridgehead atoms. The summed E-state index contributed by atoms with van der Waals surface area (Å²) < 4.78 is 5.64. The van der Waals surface area contributed by atoms with Gasteiger partial charge in [-0.1, -0.05) is 0 Å². The highest BCUT2D eigenvalue weighted by molar-refractivity contribution is 9.10. The number of rotatable bonds is 4. The molecule has 0 aromatic carbocycles. The molecular weight excluding hydrogens is 274 g/mol. The van der Waals surface area contributed by atoms with Crippen LogP contribution in [-0.2, 0) is 9.53 Å². The second-order valence-corrected chi connectivity index (χ2v) is 4.14. The van der Waals surface area contributed by atoms with Gasteiger partial charge < -0.3 is 15.4 Å². The van der Waals surface area contributed by atoms with E-state index in [0.29, 0.717) is 18.1 Å². The van der Waals surface area contributed by atoms with Gasteiger partial charge in [-0.15, -0.1) is 0 Å². The molecule has 0 fully saturated rings. The summed E-state index contributed by atoms with van der Waals surface area (Å²) >= 11 is 3.27. The number of halogens is 1. The third kappa shape index (κ3) is 3.37. The molecule has 0 aliphatic rings. The Kier molecular flexibility index (Phi) is 4.54. The first-order chi connectivity index (χ1) is 7.54. The van der Waals surface area contributed by atoms with Gasteiger partial charge in [-0.2, -0.15) is 0 Å². The molecule has 0 amide bonds. The number of nitrogens with zero attached hydrogens (tertiary/aromatic N) is 2. The van der Waals surface area contributed by atoms with Crippen molar-refractivity contribution in [2.45, 2.75) is 6.92 Å². The number of carbonyl (C=O) groups is 1. The molecule has 0 atom stereocenters. The maximum absolute atomic E-state index is 11.3. The average Bonchev–Trinajstić information content (AvgIpc) is 2.17. The largest absolute Gasteiger partial charge is 0.465 e. The van der Waals surface area contributed by atoms with Crippen molar-refractivity contribution in [2.24, 2.45) is 0 Å². The number of nitrogens with two attached hydrogens (primary N) is 1. The van der Waals surface area contributed by atoms with Crippen molar-refractivity contribution in [1.82, 2.24) is 4.98 Å². The summed E-state index contributed by atoms with van der Waals surface area (Å²) in [4.78, 5) is 17.1. The van der Waals surface area contributed by atoms with Gasteiger partial charge in [0.05, 0.1) is 12.3 Å². The van der Waals surface area contributed by atoms with Gasteiger partial charge in [0, 0.05) is 17.7 Å². The van der Waals surface area contributed by atoms with Gasteiger partial charge in [-0.3, -0.25) is 4.79 Å². The van der Waals surface area contributed by atoms with E-state index in [2.05, 4.69) is 20.9 Å². The minimum Gasteiger partial charge on any atom is -0.465 e. The molecule has 5 nitrogen and oxygen atoms in total. The van der Waals surface area contributed by atoms with Crippen LogP contribution >= 0.6 is 15.9 Å². The van der Waals surface area contributed by atoms with Crippen LogP contribution < -0.4 is 10.6 Å². The fourth-order valence-electron chi connectivity index (χ4n) is 1.24. The summed E-state index contributed by atoms with van der Waals surface area (Å²) in [6.45, 7) is 2.27. The highest BCUT2D eigenvalue weighted by Crippen LogP contribution is 2.22. The van der Waals surface area contributed by atoms with Crippen molar-refractivity contribution in [3.63, 3.8) is 0 Å². The maximum atomic E-state index is 11.3. The molecule has 6 heteroatoms. The first kappa shape index (κ1) is 12.8. The van der Waals surface area contributed by atoms with E-state index in [9.17, 15) is 4.79 Å². The lowest BCUT2D eigenvalue weighted by atomic mass is 10.3. The van der Waals surface area contributed by atoms with E-state index in [-0.39, 0.29) is 12.5 Å². The topological polar surface area (TPSA) is 68.5 Å². The molecule has 16 heavy (non-hydrogen) atoms. The van der Waals surface area contributed by atoms with E-state index in [1.807, 2.05) is 0 Å². The third-order valence-corrected chi connectivity index (χ3v) is 2.33. The normalized spacial score (nSPS) is 9.94. The predicted octanol–water partition coefficient (Wildman–Crippen LogP) is 1.43. The fraction of sp³-hybridized carbons (Fsp3) is 0.400. The highest BCUT2D eigenvalue weighted by atomic mass is 79.9. The van der Waals surface area contributed by atoms with Gasteiger partial charge in [0.25, 0.3) is 0 Å². The Balaban J connectivity index is 2.72. The maximum Gasteiger partial charge on any atom is 0.325 e. The van der Waals surface area contributed by atoms with Crippen LogP contribution in [0, 0.1) is 0 Å². The number of ether oxygens (including phenoxy) is 1. The van der Waals surface area contributed by atoms with Crippen molar-refractivity contribution in [1.29, 1.82) is 0 Å². The summed E-state index contributed by atoms with van der Waals surface area (Å²) in [7, 11) is 1.74. The summed E-state index contributed by atoms with van der Waals surface area (Å²) in [5.41, 5.74) is 6.30. The lowest BCUT2D eigenvalue weighted by molar-refractivity contribution is -0.141. The molecule has 0 unspecified atom stereocenters. The zero-order valence-electron chi connectivity index (χ0n) is 9.24. The van der Waals surface area contributed by atoms with Crippen LogP contribution in [0.5, 0.6) is 0 Å². The number of pyridine rings is 1. The summed E-state index contributed by atoms with van der Waals surface area (Å²) in [5, 5.41) is 0. The Morgan fingerprint density at radius 1 is 1.69 bits per heavy atom. The molecule has 2 N–H and O–H groups in total. The zero-order chi connectivity index (χ0) is 12.1. The molecule has 1 rings (SSSR count). The summed E-state index contributed by atoms with van der Waals surface area (Å²) in [5.74, 6) is 0.269. The number of nitrogen functional groups attached to an aromatic ring is 1. The minimum atomic E-state index is -0.297. The van der Waals surface area contributed by atoms with Gasteiger partial charge in [0.15, 0.2) is 5.82 Å². The number of anilines is 2. The van der Waals surface area contributed by atoms with E-state index in [0.717, 1.165) is 4.47 Å². The van der Waals surface area contributed by atoms with E-state index >= 15 is 0 Å². The Bertz CT molecular complexity index is 384. The summed E-state index contributed by atoms with van der Waals surface area (Å²) in [6, 6.07) is 1.74. The lowest BCUT2D eigenvalue weighted by Gasteiger charge is -2.18. The second-order valence-electron chi connectivity index (χ2n) is 3.23. The van der Waals surface area contributed by atoms with Gasteiger partial charge >= 0.3 is 5.97 Å². The van der Waals surface area contributed by atoms with Gasteiger partial charge in [-0.25, -0.2) is 4.98 Å². The fourth-order valence-corrected chi connectivity index (χ4v) is 1.59. The highest BCUT2D eigenvalue weighted by Gasteiger charge is 2.11. The van der Waals surface area contributed by atoms with Crippen molar-refractivity contribution in [2.75, 3.05) is 30.8 Å². The van der Waals surface area contributed by atoms with Gasteiger partial charge in [0.2, 0.25) is 0 Å². The molecule has 1 heterocycles. The Morgan fingerprint density at radius 3 is 2.94 bits per heavy atom. The molecule has 0 aliphatic carbocycles. The Morgan fingerprint density at radius 2 is 2.38 bits per heavy atom. The molecule has 0 aliphatic heterocycles. The predicted molar refractivity (Wildman–Crippen MR) is 66.3 cm³/mol. The van der Waals surface area contributed by atoms with E-state index in [4.69, 9.17) is 10.5 Å². The monoisotopic (exact) mass is 287 g/mol. The first-order valence-corrected chi connectivity index (χ1v) is 5.61. The zero-order valence-corrected chi connectivity index (χ0v) is 10.8. The molecule has 1 aromatic heterocycles. The lowest BCUT2D eigenvalue weighted by Crippen LogP contribution is -2.28. The van der Waals surface area contributed by atoms with E-state index < -0.39 is 0 Å². The first-order valence-electron chi connectivity index (χ1n) is 4.82. The quantitative estimate of drug-likeness (QED) is 0.849. The second kappa shape index (κ2) is 5.69. The number of hydrogen-bond donors (Lipinski definition) is 1. The summed E-state index contributed by atoms with van der Waals surface area (Å²) in [6.07, 6.45) is 1.63. The van der Waals surface area contributed by atoms with Crippen molar-refractivity contribution < 1.29 is 9.53 Å². The number of hydrogen-bond acceptors (Lipinski definition) is 5. The van der Waals surface area contributed by atoms with Crippen LogP contribution in [0.1, 0.15) is 6.92 Å². The van der Waals surface area contributed by atoms with Crippen molar-refractivity contribution >= 4 is 33.4 Å². The van der Waals surface area contributed by atoms with Crippen LogP contribution in [0.25, 0.3) is 0 Å². The molecule has 1 aromatic rings. The molecule has 88 valence electrons. The Labute approximate surface area is 103 Å². The number of carbonyl (C=O) groups excluding carboxylic acids is 1. The van der Waals surface area contributed by atoms with Gasteiger partial charge in [-0.05, 0) is 28.9 Å². The minimum absolute atomic E-state index is 0.132. The number of esters is 1. The van der Waals surface area contributed by atoms with Crippen molar-refractivity contribution in [3.8, 4) is 0 Å². The van der Waals surface area contributed by atoms with Crippen LogP contribution in [0.3, 0.4) is 0 Å². The Hall–Kier alpha value is -1.30. The standard InChI is InChI=1S/C10H14BrN3O2/c1-3-16-9(15)6-14(2)10-8(12)4-7(11)5-13-10/h4-5H,3,6,12H2,1-2H3. The van der Waals surface area contributed by atoms with Crippen molar-refractivity contribution in [3.05, 3.63) is 16.7 Å². The average molecular weight is 288 g/mol. The van der Waals surface area contributed by atoms with Crippen LogP contribution in [-0.4, -0.2) is 31.2 Å².